The largest absolute Gasteiger partial charge is 0.497 e. The van der Waals surface area contributed by atoms with Crippen molar-refractivity contribution >= 4 is 21.8 Å². The van der Waals surface area contributed by atoms with Gasteiger partial charge in [0.05, 0.1) is 13.4 Å². The van der Waals surface area contributed by atoms with Crippen molar-refractivity contribution in [1.29, 1.82) is 0 Å². The maximum atomic E-state index is 13.7. The first-order valence-electron chi connectivity index (χ1n) is 15.2. The van der Waals surface area contributed by atoms with Crippen LogP contribution in [0.4, 0.5) is 0 Å². The van der Waals surface area contributed by atoms with Gasteiger partial charge in [-0.2, -0.15) is 4.31 Å². The molecule has 1 saturated carbocycles. The van der Waals surface area contributed by atoms with E-state index in [1.165, 1.54) is 16.1 Å². The second kappa shape index (κ2) is 13.9. The Morgan fingerprint density at radius 3 is 2.18 bits per heavy atom. The molecule has 0 aromatic heterocycles. The molecule has 1 aliphatic carbocycles. The molecule has 3 aromatic carbocycles. The van der Waals surface area contributed by atoms with Gasteiger partial charge >= 0.3 is 0 Å². The highest BCUT2D eigenvalue weighted by Gasteiger charge is 2.41. The number of piperazine rings is 1. The average Bonchev–Trinajstić information content (AvgIpc) is 3.85. The number of hydrogen-bond donors (Lipinski definition) is 1. The van der Waals surface area contributed by atoms with Crippen LogP contribution in [0.25, 0.3) is 11.1 Å². The van der Waals surface area contributed by atoms with Gasteiger partial charge in [-0.05, 0) is 73.8 Å². The van der Waals surface area contributed by atoms with Crippen LogP contribution in [0.5, 0.6) is 5.75 Å². The maximum Gasteiger partial charge on any atom is 0.251 e. The molecular weight excluding hydrogens is 576 g/mol. The Kier molecular flexibility index (Phi) is 10.0. The third-order valence-electron chi connectivity index (χ3n) is 8.75. The minimum absolute atomic E-state index is 0.169. The van der Waals surface area contributed by atoms with Crippen LogP contribution in [0.1, 0.15) is 41.1 Å². The van der Waals surface area contributed by atoms with Crippen molar-refractivity contribution in [2.24, 2.45) is 0 Å². The third-order valence-corrected chi connectivity index (χ3v) is 10.1. The Bertz CT molecular complexity index is 1520. The van der Waals surface area contributed by atoms with Gasteiger partial charge in [-0.25, -0.2) is 8.42 Å². The molecule has 0 spiro atoms. The fourth-order valence-corrected chi connectivity index (χ4v) is 6.82. The van der Waals surface area contributed by atoms with E-state index in [1.807, 2.05) is 54.6 Å². The molecule has 2 fully saturated rings. The van der Waals surface area contributed by atoms with Crippen LogP contribution >= 0.6 is 0 Å². The number of nitrogens with zero attached hydrogens (tertiary/aromatic N) is 3. The van der Waals surface area contributed by atoms with Gasteiger partial charge in [-0.3, -0.25) is 9.59 Å². The molecule has 3 atom stereocenters. The van der Waals surface area contributed by atoms with Crippen LogP contribution < -0.4 is 10.1 Å². The van der Waals surface area contributed by atoms with Crippen molar-refractivity contribution in [1.82, 2.24) is 19.4 Å². The minimum Gasteiger partial charge on any atom is -0.497 e. The Morgan fingerprint density at radius 1 is 0.932 bits per heavy atom. The van der Waals surface area contributed by atoms with Gasteiger partial charge < -0.3 is 19.9 Å². The number of benzene rings is 3. The van der Waals surface area contributed by atoms with Crippen molar-refractivity contribution in [2.75, 3.05) is 53.1 Å². The van der Waals surface area contributed by atoms with Crippen LogP contribution in [-0.4, -0.2) is 99.6 Å². The molecule has 0 radical (unpaired) electrons. The molecule has 1 unspecified atom stereocenters. The lowest BCUT2D eigenvalue weighted by atomic mass is 10.0. The van der Waals surface area contributed by atoms with E-state index in [4.69, 9.17) is 4.74 Å². The summed E-state index contributed by atoms with van der Waals surface area (Å²) in [5.74, 6) is 0.861. The van der Waals surface area contributed by atoms with Gasteiger partial charge in [0.1, 0.15) is 11.8 Å². The molecule has 2 aliphatic rings. The van der Waals surface area contributed by atoms with E-state index in [0.717, 1.165) is 36.3 Å². The summed E-state index contributed by atoms with van der Waals surface area (Å²) in [5, 5.41) is 3.00. The molecule has 0 bridgehead atoms. The fraction of sp³-hybridized carbons (Fsp3) is 0.412. The average molecular weight is 619 g/mol. The normalized spacial score (nSPS) is 19.4. The van der Waals surface area contributed by atoms with E-state index in [9.17, 15) is 18.0 Å². The lowest BCUT2D eigenvalue weighted by Crippen LogP contribution is -2.55. The van der Waals surface area contributed by atoms with Crippen LogP contribution in [0.15, 0.2) is 78.9 Å². The van der Waals surface area contributed by atoms with E-state index in [2.05, 4.69) is 29.4 Å². The smallest absolute Gasteiger partial charge is 0.251 e. The van der Waals surface area contributed by atoms with Crippen molar-refractivity contribution in [3.63, 3.8) is 0 Å². The Labute approximate surface area is 260 Å². The quantitative estimate of drug-likeness (QED) is 0.331. The Morgan fingerprint density at radius 2 is 1.57 bits per heavy atom. The lowest BCUT2D eigenvalue weighted by molar-refractivity contribution is -0.134. The van der Waals surface area contributed by atoms with E-state index >= 15 is 0 Å². The number of hydrogen-bond acceptors (Lipinski definition) is 6. The van der Waals surface area contributed by atoms with Gasteiger partial charge in [0, 0.05) is 43.7 Å². The van der Waals surface area contributed by atoms with E-state index in [-0.39, 0.29) is 24.9 Å². The number of carbonyl (C=O) groups is 2. The number of amides is 2. The molecule has 44 heavy (non-hydrogen) atoms. The zero-order valence-corrected chi connectivity index (χ0v) is 26.5. The number of rotatable bonds is 12. The van der Waals surface area contributed by atoms with Crippen LogP contribution in [0.2, 0.25) is 0 Å². The zero-order valence-electron chi connectivity index (χ0n) is 25.7. The van der Waals surface area contributed by atoms with Gasteiger partial charge in [-0.1, -0.05) is 54.6 Å². The third kappa shape index (κ3) is 7.85. The van der Waals surface area contributed by atoms with E-state index < -0.39 is 16.1 Å². The van der Waals surface area contributed by atoms with Gasteiger partial charge in [-0.15, -0.1) is 0 Å². The number of ether oxygens (including phenoxy) is 1. The van der Waals surface area contributed by atoms with Gasteiger partial charge in [0.25, 0.3) is 5.91 Å². The minimum atomic E-state index is -3.31. The fourth-order valence-electron chi connectivity index (χ4n) is 5.99. The molecule has 1 heterocycles. The number of likely N-dealkylation sites (N-methyl/N-ethyl adjacent to an activating group) is 1. The topological polar surface area (TPSA) is 99.3 Å². The molecule has 1 saturated heterocycles. The first-order valence-corrected chi connectivity index (χ1v) is 17.0. The first kappa shape index (κ1) is 31.7. The summed E-state index contributed by atoms with van der Waals surface area (Å²) in [5.41, 5.74) is 3.86. The number of carbonyl (C=O) groups excluding carboxylic acids is 2. The van der Waals surface area contributed by atoms with Crippen molar-refractivity contribution in [2.45, 2.75) is 37.3 Å². The molecule has 234 valence electrons. The summed E-state index contributed by atoms with van der Waals surface area (Å²) < 4.78 is 30.6. The highest BCUT2D eigenvalue weighted by atomic mass is 32.2. The Balaban J connectivity index is 1.21. The predicted molar refractivity (Wildman–Crippen MR) is 172 cm³/mol. The van der Waals surface area contributed by atoms with Crippen LogP contribution in [0.3, 0.4) is 0 Å². The molecule has 9 nitrogen and oxygen atoms in total. The molecule has 5 rings (SSSR count). The molecule has 3 aromatic rings. The summed E-state index contributed by atoms with van der Waals surface area (Å²) in [7, 11) is 0.466. The standard InChI is InChI=1S/C34H42N4O5S/c1-36(32-24-30(32)27-15-17-29(43-2)18-16-27)19-7-10-31(34(40)37-20-22-38(23-21-37)44(3,41)42)35-33(39)28-13-11-26(12-14-28)25-8-5-4-6-9-25/h4-6,8-9,11-18,30-32H,7,10,19-24H2,1-3H3,(H,35,39)/t30-,31-,32?/m0/s1. The highest BCUT2D eigenvalue weighted by Crippen LogP contribution is 2.44. The SMILES string of the molecule is COc1ccc([C@@H]2CC2N(C)CCC[C@H](NC(=O)c2ccc(-c3ccccc3)cc2)C(=O)N2CCN(S(C)(=O)=O)CC2)cc1. The lowest BCUT2D eigenvalue weighted by Gasteiger charge is -2.35. The highest BCUT2D eigenvalue weighted by molar-refractivity contribution is 7.88. The molecule has 1 aliphatic heterocycles. The molecule has 1 N–H and O–H groups in total. The van der Waals surface area contributed by atoms with E-state index in [0.29, 0.717) is 37.0 Å². The number of nitrogens with one attached hydrogen (secondary N) is 1. The summed E-state index contributed by atoms with van der Waals surface area (Å²) >= 11 is 0. The molecule has 2 amide bonds. The Hall–Kier alpha value is -3.73. The van der Waals surface area contributed by atoms with Crippen molar-refractivity contribution < 1.29 is 22.7 Å². The molecular formula is C34H42N4O5S. The van der Waals surface area contributed by atoms with Gasteiger partial charge in [0.15, 0.2) is 0 Å². The monoisotopic (exact) mass is 618 g/mol. The summed E-state index contributed by atoms with van der Waals surface area (Å²) in [6.07, 6.45) is 3.50. The zero-order chi connectivity index (χ0) is 31.3. The number of sulfonamides is 1. The summed E-state index contributed by atoms with van der Waals surface area (Å²) in [4.78, 5) is 31.1. The first-order chi connectivity index (χ1) is 21.1. The summed E-state index contributed by atoms with van der Waals surface area (Å²) in [6, 6.07) is 25.3. The van der Waals surface area contributed by atoms with Crippen molar-refractivity contribution in [3.05, 3.63) is 90.0 Å². The van der Waals surface area contributed by atoms with Crippen LogP contribution in [0, 0.1) is 0 Å². The van der Waals surface area contributed by atoms with Crippen molar-refractivity contribution in [3.8, 4) is 16.9 Å². The van der Waals surface area contributed by atoms with Crippen LogP contribution in [-0.2, 0) is 14.8 Å². The second-order valence-corrected chi connectivity index (χ2v) is 13.7. The van der Waals surface area contributed by atoms with E-state index in [1.54, 1.807) is 24.1 Å². The maximum absolute atomic E-state index is 13.7. The molecule has 10 heteroatoms. The summed E-state index contributed by atoms with van der Waals surface area (Å²) in [6.45, 7) is 1.91. The number of methoxy groups -OCH3 is 1. The predicted octanol–water partition coefficient (Wildman–Crippen LogP) is 3.83. The second-order valence-electron chi connectivity index (χ2n) is 11.8. The van der Waals surface area contributed by atoms with Gasteiger partial charge in [0.2, 0.25) is 15.9 Å².